The summed E-state index contributed by atoms with van der Waals surface area (Å²) in [5.41, 5.74) is 4.56. The maximum absolute atomic E-state index is 12.2. The van der Waals surface area contributed by atoms with Crippen LogP contribution in [0.5, 0.6) is 0 Å². The molecule has 3 aromatic carbocycles. The topological polar surface area (TPSA) is 56.4 Å². The number of hydrogen-bond acceptors (Lipinski definition) is 3. The van der Waals surface area contributed by atoms with Gasteiger partial charge in [-0.2, -0.15) is 0 Å². The van der Waals surface area contributed by atoms with Gasteiger partial charge in [-0.1, -0.05) is 23.7 Å². The fourth-order valence-electron chi connectivity index (χ4n) is 3.42. The highest BCUT2D eigenvalue weighted by Crippen LogP contribution is 2.26. The molecule has 29 heavy (non-hydrogen) atoms. The smallest absolute Gasteiger partial charge is 0.323 e. The minimum Gasteiger partial charge on any atom is -0.371 e. The molecule has 0 bridgehead atoms. The first-order chi connectivity index (χ1) is 14.2. The number of amides is 2. The highest BCUT2D eigenvalue weighted by atomic mass is 35.5. The number of urea groups is 1. The molecule has 6 heteroatoms. The van der Waals surface area contributed by atoms with Crippen molar-refractivity contribution in [3.05, 3.63) is 77.8 Å². The number of nitrogens with zero attached hydrogens (tertiary/aromatic N) is 1. The minimum atomic E-state index is -0.305. The number of nitrogens with one attached hydrogen (secondary N) is 3. The Labute approximate surface area is 175 Å². The van der Waals surface area contributed by atoms with Crippen LogP contribution in [0.2, 0.25) is 5.02 Å². The van der Waals surface area contributed by atoms with Crippen molar-refractivity contribution < 1.29 is 4.79 Å². The Morgan fingerprint density at radius 3 is 2.14 bits per heavy atom. The lowest BCUT2D eigenvalue weighted by Crippen LogP contribution is -2.19. The fourth-order valence-corrected chi connectivity index (χ4v) is 3.55. The zero-order valence-electron chi connectivity index (χ0n) is 16.0. The number of carbonyl (C=O) groups is 1. The number of halogens is 1. The Balaban J connectivity index is 1.40. The second-order valence-corrected chi connectivity index (χ2v) is 7.47. The third-order valence-electron chi connectivity index (χ3n) is 4.83. The molecule has 0 atom stereocenters. The molecule has 1 aliphatic rings. The van der Waals surface area contributed by atoms with Crippen molar-refractivity contribution in [3.63, 3.8) is 0 Å². The third-order valence-corrected chi connectivity index (χ3v) is 5.08. The van der Waals surface area contributed by atoms with Crippen LogP contribution in [-0.4, -0.2) is 19.1 Å². The maximum Gasteiger partial charge on any atom is 0.323 e. The summed E-state index contributed by atoms with van der Waals surface area (Å²) >= 11 is 5.87. The summed E-state index contributed by atoms with van der Waals surface area (Å²) in [7, 11) is 0. The maximum atomic E-state index is 12.2. The molecule has 0 saturated carbocycles. The Bertz CT molecular complexity index is 984. The van der Waals surface area contributed by atoms with Crippen molar-refractivity contribution >= 4 is 46.1 Å². The van der Waals surface area contributed by atoms with Gasteiger partial charge in [-0.05, 0) is 73.5 Å². The van der Waals surface area contributed by atoms with Gasteiger partial charge in [0.05, 0.1) is 0 Å². The molecule has 0 radical (unpaired) electrons. The molecule has 1 fully saturated rings. The van der Waals surface area contributed by atoms with Gasteiger partial charge in [0.1, 0.15) is 0 Å². The zero-order chi connectivity index (χ0) is 20.1. The van der Waals surface area contributed by atoms with Gasteiger partial charge in [-0.15, -0.1) is 0 Å². The summed E-state index contributed by atoms with van der Waals surface area (Å²) in [4.78, 5) is 14.7. The normalized spacial score (nSPS) is 13.2. The van der Waals surface area contributed by atoms with Crippen LogP contribution in [0.25, 0.3) is 0 Å². The Kier molecular flexibility index (Phi) is 5.86. The second-order valence-electron chi connectivity index (χ2n) is 7.04. The van der Waals surface area contributed by atoms with Crippen LogP contribution < -0.4 is 20.9 Å². The zero-order valence-corrected chi connectivity index (χ0v) is 16.7. The molecule has 2 amide bonds. The van der Waals surface area contributed by atoms with Crippen LogP contribution >= 0.6 is 11.6 Å². The van der Waals surface area contributed by atoms with Gasteiger partial charge in [0, 0.05) is 46.5 Å². The van der Waals surface area contributed by atoms with E-state index in [0.717, 1.165) is 24.5 Å². The first kappa shape index (κ1) is 19.2. The SMILES string of the molecule is O=C(Nc1ccc(Cl)cc1)Nc1cccc(Nc2cccc(N3CCCC3)c2)c1. The molecule has 5 nitrogen and oxygen atoms in total. The third kappa shape index (κ3) is 5.21. The van der Waals surface area contributed by atoms with E-state index in [2.05, 4.69) is 39.0 Å². The van der Waals surface area contributed by atoms with Crippen LogP contribution in [0.15, 0.2) is 72.8 Å². The molecule has 1 saturated heterocycles. The number of rotatable bonds is 5. The van der Waals surface area contributed by atoms with Crippen LogP contribution in [0.3, 0.4) is 0 Å². The van der Waals surface area contributed by atoms with Crippen LogP contribution in [0.1, 0.15) is 12.8 Å². The molecule has 4 rings (SSSR count). The highest BCUT2D eigenvalue weighted by Gasteiger charge is 2.12. The van der Waals surface area contributed by atoms with E-state index in [4.69, 9.17) is 11.6 Å². The van der Waals surface area contributed by atoms with Crippen molar-refractivity contribution in [2.45, 2.75) is 12.8 Å². The summed E-state index contributed by atoms with van der Waals surface area (Å²) in [6.07, 6.45) is 2.51. The number of benzene rings is 3. The lowest BCUT2D eigenvalue weighted by Gasteiger charge is -2.19. The first-order valence-electron chi connectivity index (χ1n) is 9.71. The largest absolute Gasteiger partial charge is 0.371 e. The Morgan fingerprint density at radius 1 is 0.759 bits per heavy atom. The van der Waals surface area contributed by atoms with E-state index in [9.17, 15) is 4.79 Å². The average Bonchev–Trinajstić information content (AvgIpc) is 3.25. The van der Waals surface area contributed by atoms with Gasteiger partial charge in [0.25, 0.3) is 0 Å². The summed E-state index contributed by atoms with van der Waals surface area (Å²) < 4.78 is 0. The van der Waals surface area contributed by atoms with E-state index in [-0.39, 0.29) is 6.03 Å². The molecular formula is C23H23ClN4O. The molecule has 148 valence electrons. The van der Waals surface area contributed by atoms with Crippen molar-refractivity contribution in [3.8, 4) is 0 Å². The number of hydrogen-bond donors (Lipinski definition) is 3. The molecule has 0 unspecified atom stereocenters. The van der Waals surface area contributed by atoms with Crippen molar-refractivity contribution in [2.24, 2.45) is 0 Å². The van der Waals surface area contributed by atoms with Crippen LogP contribution in [0, 0.1) is 0 Å². The minimum absolute atomic E-state index is 0.305. The van der Waals surface area contributed by atoms with Gasteiger partial charge in [-0.3, -0.25) is 0 Å². The lowest BCUT2D eigenvalue weighted by molar-refractivity contribution is 0.262. The van der Waals surface area contributed by atoms with Crippen molar-refractivity contribution in [1.82, 2.24) is 0 Å². The van der Waals surface area contributed by atoms with Crippen molar-refractivity contribution in [2.75, 3.05) is 33.9 Å². The van der Waals surface area contributed by atoms with Crippen molar-refractivity contribution in [1.29, 1.82) is 0 Å². The van der Waals surface area contributed by atoms with Gasteiger partial charge >= 0.3 is 6.03 Å². The molecule has 0 aliphatic carbocycles. The van der Waals surface area contributed by atoms with E-state index in [0.29, 0.717) is 16.4 Å². The molecule has 1 heterocycles. The van der Waals surface area contributed by atoms with Crippen LogP contribution in [-0.2, 0) is 0 Å². The van der Waals surface area contributed by atoms with Crippen LogP contribution in [0.4, 0.5) is 33.2 Å². The van der Waals surface area contributed by atoms with Gasteiger partial charge in [0.15, 0.2) is 0 Å². The molecular weight excluding hydrogens is 384 g/mol. The summed E-state index contributed by atoms with van der Waals surface area (Å²) in [5.74, 6) is 0. The summed E-state index contributed by atoms with van der Waals surface area (Å²) in [5, 5.41) is 9.70. The number of anilines is 5. The van der Waals surface area contributed by atoms with Gasteiger partial charge in [0.2, 0.25) is 0 Å². The van der Waals surface area contributed by atoms with E-state index in [1.807, 2.05) is 30.3 Å². The quantitative estimate of drug-likeness (QED) is 0.464. The van der Waals surface area contributed by atoms with Gasteiger partial charge in [-0.25, -0.2) is 4.79 Å². The fraction of sp³-hybridized carbons (Fsp3) is 0.174. The first-order valence-corrected chi connectivity index (χ1v) is 10.1. The van der Waals surface area contributed by atoms with E-state index < -0.39 is 0 Å². The standard InChI is InChI=1S/C23H23ClN4O/c24-17-9-11-18(12-10-17)26-23(29)27-20-6-3-5-19(15-20)25-21-7-4-8-22(16-21)28-13-1-2-14-28/h3-12,15-16,25H,1-2,13-14H2,(H2,26,27,29). The number of carbonyl (C=O) groups excluding carboxylic acids is 1. The molecule has 1 aliphatic heterocycles. The highest BCUT2D eigenvalue weighted by molar-refractivity contribution is 6.30. The predicted molar refractivity (Wildman–Crippen MR) is 122 cm³/mol. The monoisotopic (exact) mass is 406 g/mol. The predicted octanol–water partition coefficient (Wildman–Crippen LogP) is 6.33. The van der Waals surface area contributed by atoms with E-state index in [1.54, 1.807) is 24.3 Å². The van der Waals surface area contributed by atoms with E-state index >= 15 is 0 Å². The Hall–Kier alpha value is -3.18. The average molecular weight is 407 g/mol. The summed E-state index contributed by atoms with van der Waals surface area (Å²) in [6.45, 7) is 2.23. The summed E-state index contributed by atoms with van der Waals surface area (Å²) in [6, 6.07) is 22.8. The molecule has 0 spiro atoms. The lowest BCUT2D eigenvalue weighted by atomic mass is 10.2. The molecule has 3 N–H and O–H groups in total. The second kappa shape index (κ2) is 8.88. The van der Waals surface area contributed by atoms with Gasteiger partial charge < -0.3 is 20.9 Å². The molecule has 0 aromatic heterocycles. The molecule has 3 aromatic rings. The Morgan fingerprint density at radius 2 is 1.38 bits per heavy atom. The van der Waals surface area contributed by atoms with E-state index in [1.165, 1.54) is 18.5 Å².